The molecule has 1 saturated heterocycles. The molecule has 0 bridgehead atoms. The van der Waals surface area contributed by atoms with Crippen LogP contribution in [-0.2, 0) is 16.6 Å². The van der Waals surface area contributed by atoms with E-state index in [1.165, 1.54) is 16.4 Å². The van der Waals surface area contributed by atoms with Crippen molar-refractivity contribution in [3.8, 4) is 0 Å². The summed E-state index contributed by atoms with van der Waals surface area (Å²) >= 11 is 0. The van der Waals surface area contributed by atoms with Crippen LogP contribution in [0.5, 0.6) is 0 Å². The van der Waals surface area contributed by atoms with Crippen LogP contribution < -0.4 is 0 Å². The summed E-state index contributed by atoms with van der Waals surface area (Å²) < 4.78 is 40.6. The molecule has 0 aromatic heterocycles. The molecule has 1 N–H and O–H groups in total. The van der Waals surface area contributed by atoms with E-state index in [2.05, 4.69) is 4.90 Å². The Morgan fingerprint density at radius 1 is 1.33 bits per heavy atom. The topological polar surface area (TPSA) is 60.9 Å². The second-order valence-electron chi connectivity index (χ2n) is 6.00. The number of halogens is 1. The molecule has 0 atom stereocenters. The highest BCUT2D eigenvalue weighted by molar-refractivity contribution is 7.89. The number of hydrogen-bond acceptors (Lipinski definition) is 4. The van der Waals surface area contributed by atoms with Crippen LogP contribution in [0.2, 0.25) is 0 Å². The smallest absolute Gasteiger partial charge is 0.246 e. The minimum Gasteiger partial charge on any atom is -0.392 e. The molecular weight excluding hydrogens is 295 g/mol. The molecule has 21 heavy (non-hydrogen) atoms. The molecule has 118 valence electrons. The standard InChI is InChI=1S/C14H21FN2O3S/c1-14(2)10-17(7-6-16(14)3)21(19,20)13-8-11(9-18)4-5-12(13)15/h4-5,8,18H,6-7,9-10H2,1-3H3. The Kier molecular flexibility index (Phi) is 4.39. The van der Waals surface area contributed by atoms with Gasteiger partial charge < -0.3 is 5.11 Å². The third-order valence-electron chi connectivity index (χ3n) is 4.08. The Morgan fingerprint density at radius 2 is 2.00 bits per heavy atom. The molecule has 1 fully saturated rings. The van der Waals surface area contributed by atoms with Crippen molar-refractivity contribution in [2.75, 3.05) is 26.7 Å². The van der Waals surface area contributed by atoms with Crippen molar-refractivity contribution >= 4 is 10.0 Å². The Balaban J connectivity index is 2.39. The molecule has 0 spiro atoms. The SMILES string of the molecule is CN1CCN(S(=O)(=O)c2cc(CO)ccc2F)CC1(C)C. The minimum atomic E-state index is -3.90. The normalized spacial score (nSPS) is 20.6. The van der Waals surface area contributed by atoms with Gasteiger partial charge in [-0.05, 0) is 38.6 Å². The first-order valence-corrected chi connectivity index (χ1v) is 8.23. The van der Waals surface area contributed by atoms with Gasteiger partial charge in [0.2, 0.25) is 10.0 Å². The van der Waals surface area contributed by atoms with Crippen LogP contribution >= 0.6 is 0 Å². The van der Waals surface area contributed by atoms with Crippen molar-refractivity contribution in [2.45, 2.75) is 30.9 Å². The summed E-state index contributed by atoms with van der Waals surface area (Å²) in [5.74, 6) is -0.788. The lowest BCUT2D eigenvalue weighted by Gasteiger charge is -2.44. The van der Waals surface area contributed by atoms with Crippen molar-refractivity contribution in [1.82, 2.24) is 9.21 Å². The highest BCUT2D eigenvalue weighted by Gasteiger charge is 2.38. The summed E-state index contributed by atoms with van der Waals surface area (Å²) in [5, 5.41) is 9.11. The van der Waals surface area contributed by atoms with Gasteiger partial charge in [-0.15, -0.1) is 0 Å². The Labute approximate surface area is 125 Å². The van der Waals surface area contributed by atoms with E-state index in [4.69, 9.17) is 5.11 Å². The molecule has 1 aromatic carbocycles. The lowest BCUT2D eigenvalue weighted by molar-refractivity contribution is 0.0800. The van der Waals surface area contributed by atoms with Gasteiger partial charge in [0.15, 0.2) is 0 Å². The third-order valence-corrected chi connectivity index (χ3v) is 5.94. The summed E-state index contributed by atoms with van der Waals surface area (Å²) in [6.45, 7) is 4.80. The van der Waals surface area contributed by atoms with Gasteiger partial charge >= 0.3 is 0 Å². The monoisotopic (exact) mass is 316 g/mol. The van der Waals surface area contributed by atoms with E-state index in [-0.39, 0.29) is 17.0 Å². The maximum absolute atomic E-state index is 13.9. The van der Waals surface area contributed by atoms with E-state index >= 15 is 0 Å². The van der Waals surface area contributed by atoms with Crippen molar-refractivity contribution < 1.29 is 17.9 Å². The van der Waals surface area contributed by atoms with Crippen LogP contribution in [0, 0.1) is 5.82 Å². The highest BCUT2D eigenvalue weighted by atomic mass is 32.2. The van der Waals surface area contributed by atoms with E-state index in [0.29, 0.717) is 25.2 Å². The fraction of sp³-hybridized carbons (Fsp3) is 0.571. The average molecular weight is 316 g/mol. The molecule has 0 radical (unpaired) electrons. The van der Waals surface area contributed by atoms with Gasteiger partial charge in [-0.3, -0.25) is 4.90 Å². The molecule has 5 nitrogen and oxygen atoms in total. The van der Waals surface area contributed by atoms with E-state index in [1.807, 2.05) is 20.9 Å². The summed E-state index contributed by atoms with van der Waals surface area (Å²) in [4.78, 5) is 1.72. The quantitative estimate of drug-likeness (QED) is 0.905. The highest BCUT2D eigenvalue weighted by Crippen LogP contribution is 2.26. The lowest BCUT2D eigenvalue weighted by Crippen LogP contribution is -2.58. The number of hydrogen-bond donors (Lipinski definition) is 1. The van der Waals surface area contributed by atoms with Crippen LogP contribution in [-0.4, -0.2) is 55.0 Å². The second kappa shape index (κ2) is 5.64. The number of rotatable bonds is 3. The Bertz CT molecular complexity index is 631. The molecule has 0 amide bonds. The fourth-order valence-electron chi connectivity index (χ4n) is 2.38. The molecule has 0 aliphatic carbocycles. The van der Waals surface area contributed by atoms with Crippen LogP contribution in [0.1, 0.15) is 19.4 Å². The van der Waals surface area contributed by atoms with Crippen molar-refractivity contribution in [3.05, 3.63) is 29.6 Å². The molecule has 0 unspecified atom stereocenters. The maximum atomic E-state index is 13.9. The van der Waals surface area contributed by atoms with Crippen molar-refractivity contribution in [2.24, 2.45) is 0 Å². The zero-order valence-corrected chi connectivity index (χ0v) is 13.3. The van der Waals surface area contributed by atoms with Gasteiger partial charge in [0.1, 0.15) is 10.7 Å². The molecule has 0 saturated carbocycles. The Morgan fingerprint density at radius 3 is 2.57 bits per heavy atom. The summed E-state index contributed by atoms with van der Waals surface area (Å²) in [6.07, 6.45) is 0. The van der Waals surface area contributed by atoms with Gasteiger partial charge in [0.05, 0.1) is 6.61 Å². The van der Waals surface area contributed by atoms with E-state index < -0.39 is 15.8 Å². The molecule has 1 aliphatic heterocycles. The fourth-order valence-corrected chi connectivity index (χ4v) is 4.08. The van der Waals surface area contributed by atoms with E-state index in [9.17, 15) is 12.8 Å². The minimum absolute atomic E-state index is 0.300. The first-order valence-electron chi connectivity index (χ1n) is 6.79. The van der Waals surface area contributed by atoms with Crippen LogP contribution in [0.25, 0.3) is 0 Å². The van der Waals surface area contributed by atoms with Crippen LogP contribution in [0.4, 0.5) is 4.39 Å². The third kappa shape index (κ3) is 3.11. The number of benzene rings is 1. The Hall–Kier alpha value is -1.02. The van der Waals surface area contributed by atoms with Gasteiger partial charge in [-0.1, -0.05) is 6.07 Å². The first-order chi connectivity index (χ1) is 9.68. The molecule has 1 aromatic rings. The lowest BCUT2D eigenvalue weighted by atomic mass is 10.0. The molecular formula is C14H21FN2O3S. The van der Waals surface area contributed by atoms with Gasteiger partial charge in [-0.25, -0.2) is 12.8 Å². The molecule has 7 heteroatoms. The number of aliphatic hydroxyl groups is 1. The summed E-state index contributed by atoms with van der Waals surface area (Å²) in [5.41, 5.74) is 0.0690. The first kappa shape index (κ1) is 16.4. The van der Waals surface area contributed by atoms with E-state index in [1.54, 1.807) is 0 Å². The number of aliphatic hydroxyl groups excluding tert-OH is 1. The summed E-state index contributed by atoms with van der Waals surface area (Å²) in [7, 11) is -1.96. The zero-order chi connectivity index (χ0) is 15.8. The zero-order valence-electron chi connectivity index (χ0n) is 12.5. The predicted octanol–water partition coefficient (Wildman–Crippen LogP) is 1.03. The second-order valence-corrected chi connectivity index (χ2v) is 7.90. The predicted molar refractivity (Wildman–Crippen MR) is 77.8 cm³/mol. The van der Waals surface area contributed by atoms with Gasteiger partial charge in [0.25, 0.3) is 0 Å². The number of sulfonamides is 1. The molecule has 1 heterocycles. The average Bonchev–Trinajstić information content (AvgIpc) is 2.42. The molecule has 1 aliphatic rings. The van der Waals surface area contributed by atoms with Gasteiger partial charge in [-0.2, -0.15) is 4.31 Å². The van der Waals surface area contributed by atoms with Crippen LogP contribution in [0.3, 0.4) is 0 Å². The van der Waals surface area contributed by atoms with Crippen molar-refractivity contribution in [1.29, 1.82) is 0 Å². The molecule has 2 rings (SSSR count). The largest absolute Gasteiger partial charge is 0.392 e. The van der Waals surface area contributed by atoms with Gasteiger partial charge in [0, 0.05) is 25.2 Å². The van der Waals surface area contributed by atoms with Crippen molar-refractivity contribution in [3.63, 3.8) is 0 Å². The number of nitrogens with zero attached hydrogens (tertiary/aromatic N) is 2. The van der Waals surface area contributed by atoms with Crippen LogP contribution in [0.15, 0.2) is 23.1 Å². The maximum Gasteiger partial charge on any atom is 0.246 e. The number of likely N-dealkylation sites (N-methyl/N-ethyl adjacent to an activating group) is 1. The number of piperazine rings is 1. The van der Waals surface area contributed by atoms with E-state index in [0.717, 1.165) is 6.07 Å². The summed E-state index contributed by atoms with van der Waals surface area (Å²) in [6, 6.07) is 3.66.